The van der Waals surface area contributed by atoms with Crippen LogP contribution in [0.4, 0.5) is 0 Å². The molecule has 2 N–H and O–H groups in total. The minimum Gasteiger partial charge on any atom is -0.481 e. The molecule has 1 aliphatic rings. The number of alkyl halides is 3. The molecule has 0 aromatic carbocycles. The molecule has 98 valence electrons. The van der Waals surface area contributed by atoms with E-state index in [2.05, 4.69) is 5.32 Å². The van der Waals surface area contributed by atoms with Gasteiger partial charge in [0, 0.05) is 13.1 Å². The zero-order valence-electron chi connectivity index (χ0n) is 8.96. The van der Waals surface area contributed by atoms with Crippen LogP contribution in [0.25, 0.3) is 0 Å². The Hall–Kier alpha value is -0.230. The molecule has 0 spiro atoms. The van der Waals surface area contributed by atoms with Gasteiger partial charge in [-0.1, -0.05) is 34.8 Å². The van der Waals surface area contributed by atoms with Gasteiger partial charge >= 0.3 is 5.97 Å². The van der Waals surface area contributed by atoms with Crippen molar-refractivity contribution >= 4 is 46.7 Å². The molecule has 8 heteroatoms. The van der Waals surface area contributed by atoms with Crippen LogP contribution < -0.4 is 5.32 Å². The maximum absolute atomic E-state index is 11.3. The summed E-state index contributed by atoms with van der Waals surface area (Å²) in [6.07, 6.45) is 1.14. The molecule has 1 amide bonds. The minimum absolute atomic E-state index is 0.263. The second-order valence-corrected chi connectivity index (χ2v) is 6.17. The Labute approximate surface area is 114 Å². The van der Waals surface area contributed by atoms with Crippen LogP contribution in [0.15, 0.2) is 0 Å². The van der Waals surface area contributed by atoms with Crippen molar-refractivity contribution in [2.24, 2.45) is 5.92 Å². The smallest absolute Gasteiger partial charge is 0.306 e. The van der Waals surface area contributed by atoms with Gasteiger partial charge in [-0.2, -0.15) is 0 Å². The highest BCUT2D eigenvalue weighted by molar-refractivity contribution is 6.76. The topological polar surface area (TPSA) is 69.6 Å². The fourth-order valence-corrected chi connectivity index (χ4v) is 1.82. The number of nitrogens with one attached hydrogen (secondary N) is 1. The standard InChI is InChI=1S/C9H13Cl3N2O3/c10-9(11,12)8(17)13-5-14-3-1-6(2-4-14)7(15)16/h6H,1-5H2,(H,13,17)(H,15,16). The largest absolute Gasteiger partial charge is 0.481 e. The third kappa shape index (κ3) is 4.87. The molecular weight excluding hydrogens is 290 g/mol. The highest BCUT2D eigenvalue weighted by Crippen LogP contribution is 2.25. The van der Waals surface area contributed by atoms with Crippen molar-refractivity contribution in [1.29, 1.82) is 0 Å². The third-order valence-electron chi connectivity index (χ3n) is 2.66. The molecule has 0 atom stereocenters. The summed E-state index contributed by atoms with van der Waals surface area (Å²) in [6.45, 7) is 1.48. The average Bonchev–Trinajstić information content (AvgIpc) is 2.25. The first-order valence-electron chi connectivity index (χ1n) is 5.11. The molecular formula is C9H13Cl3N2O3. The molecule has 1 aliphatic heterocycles. The van der Waals surface area contributed by atoms with E-state index in [1.807, 2.05) is 4.90 Å². The lowest BCUT2D eigenvalue weighted by Gasteiger charge is -2.30. The molecule has 5 nitrogen and oxygen atoms in total. The number of piperidine rings is 1. The van der Waals surface area contributed by atoms with Crippen LogP contribution >= 0.6 is 34.8 Å². The van der Waals surface area contributed by atoms with Crippen LogP contribution in [0.1, 0.15) is 12.8 Å². The molecule has 0 aromatic rings. The van der Waals surface area contributed by atoms with Gasteiger partial charge in [0.2, 0.25) is 0 Å². The number of carbonyl (C=O) groups excluding carboxylic acids is 1. The molecule has 0 aromatic heterocycles. The van der Waals surface area contributed by atoms with Crippen LogP contribution in [0.3, 0.4) is 0 Å². The van der Waals surface area contributed by atoms with Gasteiger partial charge < -0.3 is 10.4 Å². The van der Waals surface area contributed by atoms with Gasteiger partial charge in [-0.15, -0.1) is 0 Å². The first-order chi connectivity index (χ1) is 7.80. The monoisotopic (exact) mass is 302 g/mol. The van der Waals surface area contributed by atoms with Gasteiger partial charge in [-0.25, -0.2) is 0 Å². The highest BCUT2D eigenvalue weighted by atomic mass is 35.6. The third-order valence-corrected chi connectivity index (χ3v) is 3.17. The Bertz CT molecular complexity index is 298. The number of hydrogen-bond acceptors (Lipinski definition) is 3. The van der Waals surface area contributed by atoms with Crippen LogP contribution in [0.5, 0.6) is 0 Å². The van der Waals surface area contributed by atoms with Crippen molar-refractivity contribution in [2.45, 2.75) is 16.6 Å². The number of carbonyl (C=O) groups is 2. The van der Waals surface area contributed by atoms with E-state index in [0.717, 1.165) is 0 Å². The molecule has 0 aliphatic carbocycles. The zero-order chi connectivity index (χ0) is 13.1. The molecule has 0 bridgehead atoms. The van der Waals surface area contributed by atoms with Crippen molar-refractivity contribution < 1.29 is 14.7 Å². The highest BCUT2D eigenvalue weighted by Gasteiger charge is 2.31. The average molecular weight is 304 g/mol. The molecule has 0 unspecified atom stereocenters. The number of amides is 1. The molecule has 0 saturated carbocycles. The van der Waals surface area contributed by atoms with Gasteiger partial charge in [-0.05, 0) is 12.8 Å². The fourth-order valence-electron chi connectivity index (χ4n) is 1.62. The molecule has 1 fully saturated rings. The summed E-state index contributed by atoms with van der Waals surface area (Å²) in [6, 6.07) is 0. The van der Waals surface area contributed by atoms with Gasteiger partial charge in [0.15, 0.2) is 0 Å². The van der Waals surface area contributed by atoms with Crippen molar-refractivity contribution in [2.75, 3.05) is 19.8 Å². The summed E-state index contributed by atoms with van der Waals surface area (Å²) in [5, 5.41) is 11.3. The number of rotatable bonds is 3. The predicted octanol–water partition coefficient (Wildman–Crippen LogP) is 1.23. The maximum Gasteiger partial charge on any atom is 0.306 e. The van der Waals surface area contributed by atoms with Gasteiger partial charge in [-0.3, -0.25) is 14.5 Å². The summed E-state index contributed by atoms with van der Waals surface area (Å²) in [5.74, 6) is -1.74. The maximum atomic E-state index is 11.3. The van der Waals surface area contributed by atoms with E-state index in [-0.39, 0.29) is 12.6 Å². The van der Waals surface area contributed by atoms with E-state index in [1.165, 1.54) is 0 Å². The summed E-state index contributed by atoms with van der Waals surface area (Å²) in [5.41, 5.74) is 0. The SMILES string of the molecule is O=C(O)C1CCN(CNC(=O)C(Cl)(Cl)Cl)CC1. The molecule has 1 heterocycles. The molecule has 17 heavy (non-hydrogen) atoms. The van der Waals surface area contributed by atoms with Crippen molar-refractivity contribution in [3.8, 4) is 0 Å². The normalized spacial score (nSPS) is 19.0. The summed E-state index contributed by atoms with van der Waals surface area (Å²) < 4.78 is -1.96. The number of likely N-dealkylation sites (tertiary alicyclic amines) is 1. The van der Waals surface area contributed by atoms with Crippen LogP contribution in [-0.4, -0.2) is 45.4 Å². The van der Waals surface area contributed by atoms with Gasteiger partial charge in [0.1, 0.15) is 0 Å². The number of hydrogen-bond donors (Lipinski definition) is 2. The Balaban J connectivity index is 2.28. The second-order valence-electron chi connectivity index (χ2n) is 3.89. The van der Waals surface area contributed by atoms with Gasteiger partial charge in [0.05, 0.1) is 12.6 Å². The molecule has 0 radical (unpaired) electrons. The van der Waals surface area contributed by atoms with Gasteiger partial charge in [0.25, 0.3) is 9.70 Å². The number of nitrogens with zero attached hydrogens (tertiary/aromatic N) is 1. The van der Waals surface area contributed by atoms with Crippen LogP contribution in [0.2, 0.25) is 0 Å². The Morgan fingerprint density at radius 1 is 1.29 bits per heavy atom. The number of aliphatic carboxylic acids is 1. The van der Waals surface area contributed by atoms with E-state index < -0.39 is 15.7 Å². The van der Waals surface area contributed by atoms with Crippen molar-refractivity contribution in [3.05, 3.63) is 0 Å². The van der Waals surface area contributed by atoms with E-state index in [0.29, 0.717) is 25.9 Å². The quantitative estimate of drug-likeness (QED) is 0.769. The number of carboxylic acid groups (broad SMARTS) is 1. The minimum atomic E-state index is -1.96. The van der Waals surface area contributed by atoms with E-state index in [9.17, 15) is 9.59 Å². The van der Waals surface area contributed by atoms with E-state index in [4.69, 9.17) is 39.9 Å². The Morgan fingerprint density at radius 3 is 2.24 bits per heavy atom. The lowest BCUT2D eigenvalue weighted by atomic mass is 9.97. The number of halogens is 3. The molecule has 1 saturated heterocycles. The predicted molar refractivity (Wildman–Crippen MR) is 65.2 cm³/mol. The van der Waals surface area contributed by atoms with Crippen LogP contribution in [0, 0.1) is 5.92 Å². The van der Waals surface area contributed by atoms with E-state index in [1.54, 1.807) is 0 Å². The van der Waals surface area contributed by atoms with Crippen LogP contribution in [-0.2, 0) is 9.59 Å². The lowest BCUT2D eigenvalue weighted by Crippen LogP contribution is -2.45. The summed E-state index contributed by atoms with van der Waals surface area (Å²) in [4.78, 5) is 23.9. The van der Waals surface area contributed by atoms with Crippen molar-refractivity contribution in [1.82, 2.24) is 10.2 Å². The summed E-state index contributed by atoms with van der Waals surface area (Å²) in [7, 11) is 0. The summed E-state index contributed by atoms with van der Waals surface area (Å²) >= 11 is 16.2. The number of carboxylic acids is 1. The Kier molecular flexibility index (Phi) is 5.31. The van der Waals surface area contributed by atoms with E-state index >= 15 is 0 Å². The Morgan fingerprint density at radius 2 is 1.82 bits per heavy atom. The van der Waals surface area contributed by atoms with Crippen molar-refractivity contribution in [3.63, 3.8) is 0 Å². The first kappa shape index (κ1) is 14.8. The fraction of sp³-hybridized carbons (Fsp3) is 0.778. The zero-order valence-corrected chi connectivity index (χ0v) is 11.2. The first-order valence-corrected chi connectivity index (χ1v) is 6.24. The molecule has 1 rings (SSSR count). The lowest BCUT2D eigenvalue weighted by molar-refractivity contribution is -0.143. The second kappa shape index (κ2) is 6.09.